The molecular weight excluding hydrogens is 282 g/mol. The van der Waals surface area contributed by atoms with Gasteiger partial charge in [0.05, 0.1) is 12.2 Å². The van der Waals surface area contributed by atoms with E-state index in [0.29, 0.717) is 17.2 Å². The van der Waals surface area contributed by atoms with Crippen molar-refractivity contribution in [2.75, 3.05) is 6.61 Å². The van der Waals surface area contributed by atoms with Crippen molar-refractivity contribution in [3.63, 3.8) is 0 Å². The minimum atomic E-state index is -0.452. The Labute approximate surface area is 119 Å². The van der Waals surface area contributed by atoms with Crippen LogP contribution in [0.4, 0.5) is 0 Å². The molecule has 2 rings (SSSR count). The molecule has 0 saturated carbocycles. The molecule has 3 nitrogen and oxygen atoms in total. The summed E-state index contributed by atoms with van der Waals surface area (Å²) in [4.78, 5) is 12.5. The number of carbonyl (C=O) groups is 1. The second-order valence-corrected chi connectivity index (χ2v) is 5.26. The predicted octanol–water partition coefficient (Wildman–Crippen LogP) is 3.72. The van der Waals surface area contributed by atoms with Gasteiger partial charge < -0.3 is 4.74 Å². The average Bonchev–Trinajstić information content (AvgIpc) is 2.39. The van der Waals surface area contributed by atoms with Gasteiger partial charge in [-0.05, 0) is 36.8 Å². The highest BCUT2D eigenvalue weighted by atomic mass is 35.5. The van der Waals surface area contributed by atoms with Crippen LogP contribution in [0.25, 0.3) is 10.4 Å². The lowest BCUT2D eigenvalue weighted by Crippen LogP contribution is -2.14. The Morgan fingerprint density at radius 1 is 1.26 bits per heavy atom. The van der Waals surface area contributed by atoms with Crippen LogP contribution >= 0.6 is 22.9 Å². The van der Waals surface area contributed by atoms with E-state index in [4.69, 9.17) is 21.7 Å². The van der Waals surface area contributed by atoms with E-state index in [1.807, 2.05) is 18.2 Å². The summed E-state index contributed by atoms with van der Waals surface area (Å²) in [5, 5.41) is 8.57. The maximum absolute atomic E-state index is 11.6. The zero-order valence-electron chi connectivity index (χ0n) is 10.3. The lowest BCUT2D eigenvalue weighted by Gasteiger charge is -2.04. The molecule has 0 aliphatic heterocycles. The van der Waals surface area contributed by atoms with Crippen LogP contribution in [0.3, 0.4) is 0 Å². The van der Waals surface area contributed by atoms with Crippen molar-refractivity contribution in [2.45, 2.75) is 6.92 Å². The molecule has 0 radical (unpaired) electrons. The van der Waals surface area contributed by atoms with E-state index in [9.17, 15) is 4.79 Å². The summed E-state index contributed by atoms with van der Waals surface area (Å²) in [5.41, 5.74) is 1.27. The van der Waals surface area contributed by atoms with Crippen molar-refractivity contribution in [1.29, 1.82) is 5.41 Å². The molecule has 98 valence electrons. The molecule has 5 heteroatoms. The summed E-state index contributed by atoms with van der Waals surface area (Å²) >= 11 is 7.08. The topological polar surface area (TPSA) is 50.2 Å². The molecule has 0 unspecified atom stereocenters. The SMILES string of the molecule is CCOC(=O)c1ccc(-c2ccc(Cl)cc2)sc1=N. The summed E-state index contributed by atoms with van der Waals surface area (Å²) in [6, 6.07) is 10.8. The number of ether oxygens (including phenoxy) is 1. The van der Waals surface area contributed by atoms with Gasteiger partial charge in [0, 0.05) is 9.90 Å². The van der Waals surface area contributed by atoms with Crippen LogP contribution in [0.15, 0.2) is 36.4 Å². The minimum Gasteiger partial charge on any atom is -0.462 e. The summed E-state index contributed by atoms with van der Waals surface area (Å²) < 4.78 is 5.10. The highest BCUT2D eigenvalue weighted by Crippen LogP contribution is 2.23. The third kappa shape index (κ3) is 3.22. The predicted molar refractivity (Wildman–Crippen MR) is 76.6 cm³/mol. The maximum atomic E-state index is 11.6. The van der Waals surface area contributed by atoms with Crippen LogP contribution in [0.1, 0.15) is 17.3 Å². The Bertz CT molecular complexity index is 649. The molecule has 0 amide bonds. The number of esters is 1. The summed E-state index contributed by atoms with van der Waals surface area (Å²) in [7, 11) is 0. The van der Waals surface area contributed by atoms with Crippen LogP contribution in [0.5, 0.6) is 0 Å². The molecule has 0 bridgehead atoms. The first-order valence-electron chi connectivity index (χ1n) is 5.73. The van der Waals surface area contributed by atoms with E-state index in [0.717, 1.165) is 10.4 Å². The van der Waals surface area contributed by atoms with E-state index in [2.05, 4.69) is 0 Å². The molecule has 0 aliphatic rings. The fraction of sp³-hybridized carbons (Fsp3) is 0.143. The van der Waals surface area contributed by atoms with Gasteiger partial charge in [-0.2, -0.15) is 0 Å². The van der Waals surface area contributed by atoms with Crippen LogP contribution in [-0.2, 0) is 4.74 Å². The number of carbonyl (C=O) groups excluding carboxylic acids is 1. The Morgan fingerprint density at radius 3 is 2.53 bits per heavy atom. The van der Waals surface area contributed by atoms with Crippen LogP contribution < -0.4 is 4.67 Å². The van der Waals surface area contributed by atoms with Gasteiger partial charge in [-0.1, -0.05) is 23.7 Å². The smallest absolute Gasteiger partial charge is 0.341 e. The molecule has 19 heavy (non-hydrogen) atoms. The van der Waals surface area contributed by atoms with Crippen LogP contribution in [-0.4, -0.2) is 12.6 Å². The van der Waals surface area contributed by atoms with Crippen LogP contribution in [0.2, 0.25) is 5.02 Å². The van der Waals surface area contributed by atoms with Crippen LogP contribution in [0, 0.1) is 5.41 Å². The van der Waals surface area contributed by atoms with E-state index in [-0.39, 0.29) is 4.67 Å². The Morgan fingerprint density at radius 2 is 1.95 bits per heavy atom. The Balaban J connectivity index is 2.36. The quantitative estimate of drug-likeness (QED) is 0.877. The minimum absolute atomic E-state index is 0.200. The largest absolute Gasteiger partial charge is 0.462 e. The number of nitrogens with one attached hydrogen (secondary N) is 1. The highest BCUT2D eigenvalue weighted by molar-refractivity contribution is 7.12. The Kier molecular flexibility index (Phi) is 4.35. The average molecular weight is 294 g/mol. The number of hydrogen-bond acceptors (Lipinski definition) is 4. The zero-order valence-corrected chi connectivity index (χ0v) is 11.8. The first-order valence-corrected chi connectivity index (χ1v) is 6.93. The first-order chi connectivity index (χ1) is 9.11. The maximum Gasteiger partial charge on any atom is 0.341 e. The second kappa shape index (κ2) is 5.99. The Hall–Kier alpha value is -1.65. The molecule has 2 aromatic rings. The zero-order chi connectivity index (χ0) is 13.8. The molecule has 1 aromatic carbocycles. The van der Waals surface area contributed by atoms with Crippen molar-refractivity contribution in [2.24, 2.45) is 0 Å². The molecular formula is C14H12ClNO2S. The van der Waals surface area contributed by atoms with Crippen molar-refractivity contribution >= 4 is 28.9 Å². The third-order valence-electron chi connectivity index (χ3n) is 2.48. The fourth-order valence-corrected chi connectivity index (χ4v) is 2.57. The number of rotatable bonds is 3. The third-order valence-corrected chi connectivity index (χ3v) is 3.75. The summed E-state index contributed by atoms with van der Waals surface area (Å²) in [5.74, 6) is -0.452. The molecule has 0 saturated heterocycles. The lowest BCUT2D eigenvalue weighted by atomic mass is 10.2. The second-order valence-electron chi connectivity index (χ2n) is 3.77. The number of benzene rings is 1. The molecule has 0 fully saturated rings. The molecule has 1 heterocycles. The van der Waals surface area contributed by atoms with Gasteiger partial charge >= 0.3 is 5.97 Å². The van der Waals surface area contributed by atoms with E-state index in [1.54, 1.807) is 25.1 Å². The highest BCUT2D eigenvalue weighted by Gasteiger charge is 2.10. The summed E-state index contributed by atoms with van der Waals surface area (Å²) in [6.45, 7) is 2.05. The molecule has 1 aromatic heterocycles. The van der Waals surface area contributed by atoms with Gasteiger partial charge in [0.25, 0.3) is 0 Å². The lowest BCUT2D eigenvalue weighted by molar-refractivity contribution is 0.0525. The standard InChI is InChI=1S/C14H12ClNO2S/c1-2-18-14(17)11-7-8-12(19-13(11)16)9-3-5-10(15)6-4-9/h3-8,16H,2H2,1H3. The van der Waals surface area contributed by atoms with E-state index >= 15 is 0 Å². The number of halogens is 1. The molecule has 0 aliphatic carbocycles. The van der Waals surface area contributed by atoms with Gasteiger partial charge in [-0.25, -0.2) is 4.79 Å². The van der Waals surface area contributed by atoms with Gasteiger partial charge in [0.1, 0.15) is 4.67 Å². The van der Waals surface area contributed by atoms with Crippen molar-refractivity contribution in [1.82, 2.24) is 0 Å². The van der Waals surface area contributed by atoms with Crippen molar-refractivity contribution < 1.29 is 9.53 Å². The monoisotopic (exact) mass is 293 g/mol. The molecule has 0 spiro atoms. The molecule has 1 N–H and O–H groups in total. The number of hydrogen-bond donors (Lipinski definition) is 1. The van der Waals surface area contributed by atoms with Gasteiger partial charge in [0.15, 0.2) is 0 Å². The van der Waals surface area contributed by atoms with Gasteiger partial charge in [-0.15, -0.1) is 11.3 Å². The van der Waals surface area contributed by atoms with Gasteiger partial charge in [-0.3, -0.25) is 5.41 Å². The molecule has 0 atom stereocenters. The summed E-state index contributed by atoms with van der Waals surface area (Å²) in [6.07, 6.45) is 0. The first kappa shape index (κ1) is 13.8. The van der Waals surface area contributed by atoms with Crippen molar-refractivity contribution in [3.05, 3.63) is 51.7 Å². The fourth-order valence-electron chi connectivity index (χ4n) is 1.57. The van der Waals surface area contributed by atoms with E-state index < -0.39 is 5.97 Å². The normalized spacial score (nSPS) is 10.2. The van der Waals surface area contributed by atoms with Crippen molar-refractivity contribution in [3.8, 4) is 10.4 Å². The van der Waals surface area contributed by atoms with E-state index in [1.165, 1.54) is 11.3 Å². The van der Waals surface area contributed by atoms with Gasteiger partial charge in [0.2, 0.25) is 0 Å².